The van der Waals surface area contributed by atoms with Crippen LogP contribution in [0.4, 0.5) is 5.95 Å². The number of hydrogen-bond donors (Lipinski definition) is 1. The third-order valence-electron chi connectivity index (χ3n) is 2.86. The number of fused-ring (bicyclic) bond motifs is 1. The van der Waals surface area contributed by atoms with Gasteiger partial charge in [-0.05, 0) is 22.4 Å². The Hall–Kier alpha value is -2.36. The Morgan fingerprint density at radius 3 is 2.72 bits per heavy atom. The largest absolute Gasteiger partial charge is 0.349 e. The zero-order chi connectivity index (χ0) is 12.4. The molecule has 3 rings (SSSR count). The summed E-state index contributed by atoms with van der Waals surface area (Å²) in [6, 6.07) is 14.8. The summed E-state index contributed by atoms with van der Waals surface area (Å²) in [4.78, 5) is 4.13. The highest BCUT2D eigenvalue weighted by Gasteiger charge is 1.99. The molecular weight excluding hydrogens is 224 g/mol. The Morgan fingerprint density at radius 2 is 1.94 bits per heavy atom. The van der Waals surface area contributed by atoms with Crippen LogP contribution in [-0.2, 0) is 13.6 Å². The second kappa shape index (κ2) is 4.49. The van der Waals surface area contributed by atoms with Crippen molar-refractivity contribution in [2.45, 2.75) is 6.54 Å². The molecule has 1 heterocycles. The lowest BCUT2D eigenvalue weighted by Crippen LogP contribution is -2.01. The van der Waals surface area contributed by atoms with Crippen LogP contribution >= 0.6 is 0 Å². The van der Waals surface area contributed by atoms with E-state index in [2.05, 4.69) is 57.9 Å². The van der Waals surface area contributed by atoms with E-state index >= 15 is 0 Å². The molecule has 0 bridgehead atoms. The van der Waals surface area contributed by atoms with Gasteiger partial charge in [0.15, 0.2) is 0 Å². The number of benzene rings is 2. The second-order valence-electron chi connectivity index (χ2n) is 4.28. The van der Waals surface area contributed by atoms with Crippen molar-refractivity contribution in [2.75, 3.05) is 5.32 Å². The highest BCUT2D eigenvalue weighted by atomic mass is 15.4. The lowest BCUT2D eigenvalue weighted by Gasteiger charge is -2.04. The van der Waals surface area contributed by atoms with Crippen molar-refractivity contribution in [3.8, 4) is 0 Å². The fourth-order valence-corrected chi connectivity index (χ4v) is 1.95. The highest BCUT2D eigenvalue weighted by molar-refractivity contribution is 5.83. The van der Waals surface area contributed by atoms with Gasteiger partial charge in [0.25, 0.3) is 0 Å². The minimum atomic E-state index is 0.658. The van der Waals surface area contributed by atoms with Crippen molar-refractivity contribution in [2.24, 2.45) is 7.05 Å². The molecule has 0 radical (unpaired) electrons. The summed E-state index contributed by atoms with van der Waals surface area (Å²) in [5, 5.41) is 9.90. The van der Waals surface area contributed by atoms with Gasteiger partial charge in [0.1, 0.15) is 6.33 Å². The number of nitrogens with one attached hydrogen (secondary N) is 1. The molecule has 0 aliphatic carbocycles. The predicted molar refractivity (Wildman–Crippen MR) is 72.3 cm³/mol. The summed E-state index contributed by atoms with van der Waals surface area (Å²) in [6.07, 6.45) is 1.68. The Bertz CT molecular complexity index is 672. The van der Waals surface area contributed by atoms with E-state index in [-0.39, 0.29) is 0 Å². The topological polar surface area (TPSA) is 42.7 Å². The zero-order valence-electron chi connectivity index (χ0n) is 10.2. The van der Waals surface area contributed by atoms with Crippen LogP contribution in [0.1, 0.15) is 5.56 Å². The lowest BCUT2D eigenvalue weighted by molar-refractivity contribution is 0.766. The van der Waals surface area contributed by atoms with Crippen LogP contribution < -0.4 is 5.32 Å². The first-order chi connectivity index (χ1) is 8.81. The Labute approximate surface area is 105 Å². The first kappa shape index (κ1) is 10.8. The summed E-state index contributed by atoms with van der Waals surface area (Å²) in [7, 11) is 1.86. The average molecular weight is 238 g/mol. The van der Waals surface area contributed by atoms with Gasteiger partial charge in [-0.25, -0.2) is 4.98 Å². The third kappa shape index (κ3) is 2.18. The van der Waals surface area contributed by atoms with Crippen LogP contribution in [0.5, 0.6) is 0 Å². The van der Waals surface area contributed by atoms with E-state index in [1.54, 1.807) is 11.0 Å². The maximum absolute atomic E-state index is 4.18. The van der Waals surface area contributed by atoms with Crippen molar-refractivity contribution in [1.82, 2.24) is 14.8 Å². The maximum atomic E-state index is 4.18. The fourth-order valence-electron chi connectivity index (χ4n) is 1.95. The minimum absolute atomic E-state index is 0.658. The van der Waals surface area contributed by atoms with Gasteiger partial charge < -0.3 is 5.32 Å². The normalized spacial score (nSPS) is 10.7. The maximum Gasteiger partial charge on any atom is 0.242 e. The van der Waals surface area contributed by atoms with Gasteiger partial charge in [0.2, 0.25) is 5.95 Å². The van der Waals surface area contributed by atoms with Crippen molar-refractivity contribution < 1.29 is 0 Å². The van der Waals surface area contributed by atoms with E-state index in [4.69, 9.17) is 0 Å². The Kier molecular flexibility index (Phi) is 2.68. The number of nitrogens with zero attached hydrogens (tertiary/aromatic N) is 3. The lowest BCUT2D eigenvalue weighted by atomic mass is 10.1. The summed E-state index contributed by atoms with van der Waals surface area (Å²) in [5.74, 6) is 0.658. The number of anilines is 1. The van der Waals surface area contributed by atoms with E-state index < -0.39 is 0 Å². The molecule has 0 unspecified atom stereocenters. The van der Waals surface area contributed by atoms with Crippen molar-refractivity contribution in [3.05, 3.63) is 54.4 Å². The zero-order valence-corrected chi connectivity index (χ0v) is 10.2. The van der Waals surface area contributed by atoms with Crippen LogP contribution in [0, 0.1) is 0 Å². The number of hydrogen-bond acceptors (Lipinski definition) is 3. The molecular formula is C14H14N4. The predicted octanol–water partition coefficient (Wildman–Crippen LogP) is 2.58. The minimum Gasteiger partial charge on any atom is -0.349 e. The summed E-state index contributed by atoms with van der Waals surface area (Å²) in [5.41, 5.74) is 1.22. The van der Waals surface area contributed by atoms with Gasteiger partial charge >= 0.3 is 0 Å². The third-order valence-corrected chi connectivity index (χ3v) is 2.86. The molecule has 1 N–H and O–H groups in total. The van der Waals surface area contributed by atoms with Gasteiger partial charge in [-0.3, -0.25) is 4.68 Å². The number of aromatic nitrogens is 3. The SMILES string of the molecule is Cn1cnc(NCc2ccc3ccccc3c2)n1. The first-order valence-electron chi connectivity index (χ1n) is 5.88. The fraction of sp³-hybridized carbons (Fsp3) is 0.143. The molecule has 1 aromatic heterocycles. The van der Waals surface area contributed by atoms with E-state index in [0.717, 1.165) is 6.54 Å². The van der Waals surface area contributed by atoms with E-state index in [1.807, 2.05) is 7.05 Å². The molecule has 0 atom stereocenters. The average Bonchev–Trinajstić information content (AvgIpc) is 2.82. The second-order valence-corrected chi connectivity index (χ2v) is 4.28. The number of aryl methyl sites for hydroxylation is 1. The van der Waals surface area contributed by atoms with Crippen LogP contribution in [0.2, 0.25) is 0 Å². The molecule has 90 valence electrons. The molecule has 0 saturated carbocycles. The van der Waals surface area contributed by atoms with Crippen molar-refractivity contribution in [3.63, 3.8) is 0 Å². The number of rotatable bonds is 3. The molecule has 0 aliphatic heterocycles. The van der Waals surface area contributed by atoms with Crippen molar-refractivity contribution >= 4 is 16.7 Å². The first-order valence-corrected chi connectivity index (χ1v) is 5.88. The molecule has 3 aromatic rings. The molecule has 2 aromatic carbocycles. The molecule has 4 heteroatoms. The van der Waals surface area contributed by atoms with Crippen molar-refractivity contribution in [1.29, 1.82) is 0 Å². The smallest absolute Gasteiger partial charge is 0.242 e. The van der Waals surface area contributed by atoms with Crippen LogP contribution in [-0.4, -0.2) is 14.8 Å². The highest BCUT2D eigenvalue weighted by Crippen LogP contribution is 2.16. The summed E-state index contributed by atoms with van der Waals surface area (Å²) in [6.45, 7) is 0.731. The molecule has 0 spiro atoms. The Balaban J connectivity index is 1.78. The van der Waals surface area contributed by atoms with Crippen LogP contribution in [0.3, 0.4) is 0 Å². The molecule has 4 nitrogen and oxygen atoms in total. The van der Waals surface area contributed by atoms with E-state index in [0.29, 0.717) is 5.95 Å². The molecule has 18 heavy (non-hydrogen) atoms. The van der Waals surface area contributed by atoms with Gasteiger partial charge in [0.05, 0.1) is 0 Å². The molecule has 0 aliphatic rings. The van der Waals surface area contributed by atoms with E-state index in [9.17, 15) is 0 Å². The van der Waals surface area contributed by atoms with E-state index in [1.165, 1.54) is 16.3 Å². The van der Waals surface area contributed by atoms with Gasteiger partial charge in [0, 0.05) is 13.6 Å². The van der Waals surface area contributed by atoms with Crippen LogP contribution in [0.25, 0.3) is 10.8 Å². The summed E-state index contributed by atoms with van der Waals surface area (Å²) >= 11 is 0. The molecule has 0 fully saturated rings. The quantitative estimate of drug-likeness (QED) is 0.762. The summed E-state index contributed by atoms with van der Waals surface area (Å²) < 4.78 is 1.68. The molecule has 0 saturated heterocycles. The van der Waals surface area contributed by atoms with Crippen LogP contribution in [0.15, 0.2) is 48.8 Å². The van der Waals surface area contributed by atoms with Gasteiger partial charge in [-0.15, -0.1) is 5.10 Å². The molecule has 0 amide bonds. The van der Waals surface area contributed by atoms with Gasteiger partial charge in [-0.1, -0.05) is 36.4 Å². The Morgan fingerprint density at radius 1 is 1.11 bits per heavy atom. The van der Waals surface area contributed by atoms with Gasteiger partial charge in [-0.2, -0.15) is 0 Å². The standard InChI is InChI=1S/C14H14N4/c1-18-10-16-14(17-18)15-9-11-6-7-12-4-2-3-5-13(12)8-11/h2-8,10H,9H2,1H3,(H,15,17). The monoisotopic (exact) mass is 238 g/mol.